The van der Waals surface area contributed by atoms with E-state index in [0.717, 1.165) is 18.0 Å². The number of hydrogen-bond donors (Lipinski definition) is 0. The van der Waals surface area contributed by atoms with Gasteiger partial charge in [0, 0.05) is 14.2 Å². The maximum absolute atomic E-state index is 6.80. The maximum Gasteiger partial charge on any atom is 0.334 e. The van der Waals surface area contributed by atoms with Crippen molar-refractivity contribution in [1.82, 2.24) is 0 Å². The highest BCUT2D eigenvalue weighted by Crippen LogP contribution is 2.41. The molecule has 0 aromatic rings. The molecule has 0 aromatic carbocycles. The molecule has 0 radical (unpaired) electrons. The minimum atomic E-state index is -1.97. The van der Waals surface area contributed by atoms with Crippen molar-refractivity contribution in [3.05, 3.63) is 0 Å². The van der Waals surface area contributed by atoms with Gasteiger partial charge in [-0.1, -0.05) is 21.3 Å². The Labute approximate surface area is 166 Å². The molecule has 2 fully saturated rings. The number of fused-ring (bicyclic) bond motifs is 1. The van der Waals surface area contributed by atoms with Gasteiger partial charge in [0.15, 0.2) is 16.6 Å². The van der Waals surface area contributed by atoms with Crippen LogP contribution in [-0.2, 0) is 17.7 Å². The molecule has 1 aliphatic heterocycles. The molecule has 2 rings (SSSR count). The van der Waals surface area contributed by atoms with Crippen molar-refractivity contribution >= 4 is 25.2 Å². The van der Waals surface area contributed by atoms with Gasteiger partial charge < -0.3 is 17.7 Å². The van der Waals surface area contributed by atoms with Crippen LogP contribution < -0.4 is 0 Å². The molecule has 0 aromatic heterocycles. The van der Waals surface area contributed by atoms with Gasteiger partial charge in [0.1, 0.15) is 0 Å². The standard InChI is InChI=1S/C17H38O4Si3.2CH4/c1-18-24(7,19-2)13-12-23(5,6)21-22(3,4)11-10-15-8-9-16-17(14-15)20-16;;/h15-17H,8-14H2,1-7H3;2*1H4. The summed E-state index contributed by atoms with van der Waals surface area (Å²) in [6.07, 6.45) is 6.49. The Balaban J connectivity index is 0.00000312. The highest BCUT2D eigenvalue weighted by Gasteiger charge is 2.44. The van der Waals surface area contributed by atoms with Crippen LogP contribution >= 0.6 is 0 Å². The van der Waals surface area contributed by atoms with Crippen LogP contribution in [0.3, 0.4) is 0 Å². The Morgan fingerprint density at radius 1 is 0.808 bits per heavy atom. The SMILES string of the molecule is C.C.CO[Si](C)(CC[Si](C)(C)O[Si](C)(C)CCC1CCC2OC2C1)OC. The van der Waals surface area contributed by atoms with Crippen molar-refractivity contribution in [2.45, 2.75) is 104 Å². The number of hydrogen-bond acceptors (Lipinski definition) is 4. The molecule has 7 heteroatoms. The molecule has 1 saturated carbocycles. The molecule has 1 aliphatic carbocycles. The first kappa shape index (κ1) is 26.5. The van der Waals surface area contributed by atoms with Crippen molar-refractivity contribution in [2.24, 2.45) is 5.92 Å². The number of rotatable bonds is 10. The summed E-state index contributed by atoms with van der Waals surface area (Å²) >= 11 is 0. The van der Waals surface area contributed by atoms with E-state index in [1.165, 1.54) is 31.7 Å². The van der Waals surface area contributed by atoms with Crippen LogP contribution in [0.15, 0.2) is 0 Å². The molecular weight excluding hydrogens is 376 g/mol. The molecule has 0 N–H and O–H groups in total. The van der Waals surface area contributed by atoms with E-state index in [0.29, 0.717) is 12.2 Å². The summed E-state index contributed by atoms with van der Waals surface area (Å²) in [7, 11) is -1.67. The normalized spacial score (nSPS) is 25.7. The van der Waals surface area contributed by atoms with Crippen LogP contribution in [-0.4, -0.2) is 51.6 Å². The van der Waals surface area contributed by atoms with Gasteiger partial charge in [-0.05, 0) is 76.0 Å². The van der Waals surface area contributed by atoms with Gasteiger partial charge in [-0.3, -0.25) is 0 Å². The average molecular weight is 423 g/mol. The van der Waals surface area contributed by atoms with E-state index in [4.69, 9.17) is 17.7 Å². The van der Waals surface area contributed by atoms with Crippen LogP contribution in [0.2, 0.25) is 50.9 Å². The average Bonchev–Trinajstić information content (AvgIpc) is 3.28. The Hall–Kier alpha value is 0.491. The van der Waals surface area contributed by atoms with E-state index in [2.05, 4.69) is 32.7 Å². The van der Waals surface area contributed by atoms with Gasteiger partial charge in [-0.15, -0.1) is 0 Å². The second-order valence-corrected chi connectivity index (χ2v) is 21.5. The fourth-order valence-electron chi connectivity index (χ4n) is 3.97. The van der Waals surface area contributed by atoms with Crippen molar-refractivity contribution < 1.29 is 17.7 Å². The van der Waals surface area contributed by atoms with Crippen LogP contribution in [0.5, 0.6) is 0 Å². The molecule has 0 bridgehead atoms. The highest BCUT2D eigenvalue weighted by molar-refractivity contribution is 6.85. The first-order chi connectivity index (χ1) is 11.1. The van der Waals surface area contributed by atoms with E-state index < -0.39 is 25.2 Å². The summed E-state index contributed by atoms with van der Waals surface area (Å²) < 4.78 is 23.7. The smallest absolute Gasteiger partial charge is 0.334 e. The van der Waals surface area contributed by atoms with E-state index in [1.54, 1.807) is 14.2 Å². The molecule has 1 saturated heterocycles. The van der Waals surface area contributed by atoms with Gasteiger partial charge in [-0.2, -0.15) is 0 Å². The number of epoxide rings is 1. The van der Waals surface area contributed by atoms with E-state index in [9.17, 15) is 0 Å². The van der Waals surface area contributed by atoms with Crippen LogP contribution in [0.25, 0.3) is 0 Å². The van der Waals surface area contributed by atoms with Crippen LogP contribution in [0.1, 0.15) is 40.5 Å². The molecule has 4 nitrogen and oxygen atoms in total. The van der Waals surface area contributed by atoms with E-state index in [1.807, 2.05) is 0 Å². The van der Waals surface area contributed by atoms with Crippen molar-refractivity contribution in [2.75, 3.05) is 14.2 Å². The third-order valence-corrected chi connectivity index (χ3v) is 16.6. The summed E-state index contributed by atoms with van der Waals surface area (Å²) in [6, 6.07) is 3.45. The zero-order valence-corrected chi connectivity index (χ0v) is 19.8. The number of ether oxygens (including phenoxy) is 1. The monoisotopic (exact) mass is 422 g/mol. The van der Waals surface area contributed by atoms with Crippen molar-refractivity contribution in [3.8, 4) is 0 Å². The molecule has 26 heavy (non-hydrogen) atoms. The van der Waals surface area contributed by atoms with Crippen molar-refractivity contribution in [1.29, 1.82) is 0 Å². The van der Waals surface area contributed by atoms with Gasteiger partial charge in [0.05, 0.1) is 12.2 Å². The van der Waals surface area contributed by atoms with Gasteiger partial charge >= 0.3 is 8.56 Å². The van der Waals surface area contributed by atoms with E-state index >= 15 is 0 Å². The lowest BCUT2D eigenvalue weighted by Gasteiger charge is -2.36. The molecule has 0 amide bonds. The van der Waals surface area contributed by atoms with Gasteiger partial charge in [-0.25, -0.2) is 0 Å². The van der Waals surface area contributed by atoms with E-state index in [-0.39, 0.29) is 14.9 Å². The third kappa shape index (κ3) is 8.24. The van der Waals surface area contributed by atoms with Crippen molar-refractivity contribution in [3.63, 3.8) is 0 Å². The largest absolute Gasteiger partial charge is 0.456 e. The van der Waals surface area contributed by atoms with Crippen LogP contribution in [0, 0.1) is 5.92 Å². The summed E-state index contributed by atoms with van der Waals surface area (Å²) in [5.41, 5.74) is 0. The molecule has 2 aliphatic rings. The summed E-state index contributed by atoms with van der Waals surface area (Å²) in [4.78, 5) is 0. The molecule has 158 valence electrons. The first-order valence-corrected chi connectivity index (χ1v) is 18.3. The first-order valence-electron chi connectivity index (χ1n) is 9.54. The Morgan fingerprint density at radius 3 is 1.92 bits per heavy atom. The zero-order chi connectivity index (χ0) is 18.0. The minimum Gasteiger partial charge on any atom is -0.456 e. The summed E-state index contributed by atoms with van der Waals surface area (Å²) in [5.74, 6) is 0.867. The highest BCUT2D eigenvalue weighted by atomic mass is 28.4. The Kier molecular flexibility index (Phi) is 10.5. The van der Waals surface area contributed by atoms with Gasteiger partial charge in [0.2, 0.25) is 0 Å². The lowest BCUT2D eigenvalue weighted by molar-refractivity contribution is 0.250. The summed E-state index contributed by atoms with van der Waals surface area (Å²) in [5, 5.41) is 0. The zero-order valence-electron chi connectivity index (χ0n) is 16.8. The second kappa shape index (κ2) is 10.3. The minimum absolute atomic E-state index is 0. The Morgan fingerprint density at radius 2 is 1.38 bits per heavy atom. The lowest BCUT2D eigenvalue weighted by atomic mass is 9.88. The summed E-state index contributed by atoms with van der Waals surface area (Å²) in [6.45, 7) is 11.7. The molecule has 3 atom stereocenters. The molecule has 0 spiro atoms. The topological polar surface area (TPSA) is 40.2 Å². The predicted molar refractivity (Wildman–Crippen MR) is 120 cm³/mol. The molecular formula is C19H46O4Si3. The van der Waals surface area contributed by atoms with Gasteiger partial charge in [0.25, 0.3) is 0 Å². The third-order valence-electron chi connectivity index (χ3n) is 5.86. The second-order valence-electron chi connectivity index (χ2n) is 9.09. The fraction of sp³-hybridized carbons (Fsp3) is 1.00. The lowest BCUT2D eigenvalue weighted by Crippen LogP contribution is -2.46. The Bertz CT molecular complexity index is 414. The predicted octanol–water partition coefficient (Wildman–Crippen LogP) is 6.01. The fourth-order valence-corrected chi connectivity index (χ4v) is 16.7. The maximum atomic E-state index is 6.80. The molecule has 1 heterocycles. The van der Waals surface area contributed by atoms with Crippen LogP contribution in [0.4, 0.5) is 0 Å². The quantitative estimate of drug-likeness (QED) is 0.319. The molecule has 3 unspecified atom stereocenters.